The lowest BCUT2D eigenvalue weighted by atomic mass is 10.0. The van der Waals surface area contributed by atoms with Gasteiger partial charge in [-0.05, 0) is 38.8 Å². The zero-order valence-corrected chi connectivity index (χ0v) is 10.8. The summed E-state index contributed by atoms with van der Waals surface area (Å²) >= 11 is 0. The largest absolute Gasteiger partial charge is 0.380 e. The van der Waals surface area contributed by atoms with E-state index in [1.807, 2.05) is 6.92 Å². The lowest BCUT2D eigenvalue weighted by Crippen LogP contribution is -2.23. The molecule has 0 saturated heterocycles. The molecule has 2 nitrogen and oxygen atoms in total. The maximum atomic E-state index is 5.31. The zero-order chi connectivity index (χ0) is 12.0. The van der Waals surface area contributed by atoms with Crippen molar-refractivity contribution in [1.29, 1.82) is 0 Å². The molecule has 0 aromatic heterocycles. The van der Waals surface area contributed by atoms with E-state index in [1.165, 1.54) is 16.7 Å². The Morgan fingerprint density at radius 1 is 1.31 bits per heavy atom. The van der Waals surface area contributed by atoms with Crippen molar-refractivity contribution in [2.45, 2.75) is 33.7 Å². The van der Waals surface area contributed by atoms with Crippen LogP contribution in [0.5, 0.6) is 0 Å². The number of aryl methyl sites for hydroxylation is 2. The van der Waals surface area contributed by atoms with Gasteiger partial charge in [0.2, 0.25) is 0 Å². The Bertz CT molecular complexity index is 323. The van der Waals surface area contributed by atoms with E-state index in [1.54, 1.807) is 0 Å². The number of hydrogen-bond donors (Lipinski definition) is 1. The van der Waals surface area contributed by atoms with Crippen LogP contribution in [0.3, 0.4) is 0 Å². The highest BCUT2D eigenvalue weighted by Crippen LogP contribution is 2.18. The number of hydrogen-bond acceptors (Lipinski definition) is 2. The van der Waals surface area contributed by atoms with Gasteiger partial charge in [0.1, 0.15) is 0 Å². The summed E-state index contributed by atoms with van der Waals surface area (Å²) in [6, 6.07) is 7.00. The SMILES string of the molecule is CCOCCNC(C)c1ccc(C)cc1C. The van der Waals surface area contributed by atoms with Gasteiger partial charge >= 0.3 is 0 Å². The third-order valence-corrected chi connectivity index (χ3v) is 2.79. The quantitative estimate of drug-likeness (QED) is 0.746. The predicted molar refractivity (Wildman–Crippen MR) is 68.8 cm³/mol. The second kappa shape index (κ2) is 6.66. The fourth-order valence-electron chi connectivity index (χ4n) is 1.91. The average molecular weight is 221 g/mol. The maximum Gasteiger partial charge on any atom is 0.0590 e. The van der Waals surface area contributed by atoms with Crippen molar-refractivity contribution in [1.82, 2.24) is 5.32 Å². The molecule has 0 amide bonds. The molecule has 0 spiro atoms. The highest BCUT2D eigenvalue weighted by atomic mass is 16.5. The minimum absolute atomic E-state index is 0.390. The zero-order valence-electron chi connectivity index (χ0n) is 10.8. The molecule has 1 aromatic rings. The third-order valence-electron chi connectivity index (χ3n) is 2.79. The number of nitrogens with one attached hydrogen (secondary N) is 1. The van der Waals surface area contributed by atoms with Crippen molar-refractivity contribution in [3.63, 3.8) is 0 Å². The smallest absolute Gasteiger partial charge is 0.0590 e. The second-order valence-corrected chi connectivity index (χ2v) is 4.23. The molecule has 16 heavy (non-hydrogen) atoms. The van der Waals surface area contributed by atoms with Crippen LogP contribution in [-0.4, -0.2) is 19.8 Å². The first-order valence-electron chi connectivity index (χ1n) is 6.03. The minimum atomic E-state index is 0.390. The molecule has 0 aliphatic carbocycles. The van der Waals surface area contributed by atoms with E-state index in [9.17, 15) is 0 Å². The van der Waals surface area contributed by atoms with Crippen LogP contribution >= 0.6 is 0 Å². The van der Waals surface area contributed by atoms with Crippen LogP contribution in [-0.2, 0) is 4.74 Å². The molecular weight excluding hydrogens is 198 g/mol. The Morgan fingerprint density at radius 2 is 2.06 bits per heavy atom. The van der Waals surface area contributed by atoms with Crippen LogP contribution in [0.15, 0.2) is 18.2 Å². The minimum Gasteiger partial charge on any atom is -0.380 e. The van der Waals surface area contributed by atoms with Crippen molar-refractivity contribution in [3.05, 3.63) is 34.9 Å². The molecule has 2 heteroatoms. The topological polar surface area (TPSA) is 21.3 Å². The van der Waals surface area contributed by atoms with Crippen molar-refractivity contribution >= 4 is 0 Å². The van der Waals surface area contributed by atoms with Gasteiger partial charge in [-0.2, -0.15) is 0 Å². The summed E-state index contributed by atoms with van der Waals surface area (Å²) in [5, 5.41) is 3.47. The first kappa shape index (κ1) is 13.2. The van der Waals surface area contributed by atoms with Crippen LogP contribution in [0.4, 0.5) is 0 Å². The van der Waals surface area contributed by atoms with E-state index in [4.69, 9.17) is 4.74 Å². The van der Waals surface area contributed by atoms with Gasteiger partial charge in [-0.15, -0.1) is 0 Å². The molecule has 0 bridgehead atoms. The molecule has 90 valence electrons. The summed E-state index contributed by atoms with van der Waals surface area (Å²) < 4.78 is 5.31. The Hall–Kier alpha value is -0.860. The van der Waals surface area contributed by atoms with Gasteiger partial charge in [0.25, 0.3) is 0 Å². The maximum absolute atomic E-state index is 5.31. The molecule has 0 aliphatic rings. The van der Waals surface area contributed by atoms with Crippen molar-refractivity contribution in [2.24, 2.45) is 0 Å². The highest BCUT2D eigenvalue weighted by molar-refractivity contribution is 5.32. The monoisotopic (exact) mass is 221 g/mol. The molecule has 0 aliphatic heterocycles. The summed E-state index contributed by atoms with van der Waals surface area (Å²) in [4.78, 5) is 0. The predicted octanol–water partition coefficient (Wildman–Crippen LogP) is 2.99. The first-order chi connectivity index (χ1) is 7.65. The molecule has 1 aromatic carbocycles. The standard InChI is InChI=1S/C14H23NO/c1-5-16-9-8-15-13(4)14-7-6-11(2)10-12(14)3/h6-7,10,13,15H,5,8-9H2,1-4H3. The van der Waals surface area contributed by atoms with Gasteiger partial charge in [0, 0.05) is 19.2 Å². The number of ether oxygens (including phenoxy) is 1. The van der Waals surface area contributed by atoms with Crippen LogP contribution in [0.25, 0.3) is 0 Å². The molecule has 0 saturated carbocycles. The van der Waals surface area contributed by atoms with Crippen LogP contribution in [0.2, 0.25) is 0 Å². The van der Waals surface area contributed by atoms with Gasteiger partial charge < -0.3 is 10.1 Å². The van der Waals surface area contributed by atoms with Gasteiger partial charge in [-0.1, -0.05) is 23.8 Å². The first-order valence-corrected chi connectivity index (χ1v) is 6.03. The Morgan fingerprint density at radius 3 is 2.69 bits per heavy atom. The van der Waals surface area contributed by atoms with Crippen LogP contribution < -0.4 is 5.32 Å². The van der Waals surface area contributed by atoms with E-state index in [0.717, 1.165) is 19.8 Å². The summed E-state index contributed by atoms with van der Waals surface area (Å²) in [5.41, 5.74) is 4.06. The Kier molecular flexibility index (Phi) is 5.50. The van der Waals surface area contributed by atoms with Gasteiger partial charge in [-0.25, -0.2) is 0 Å². The Balaban J connectivity index is 2.49. The molecular formula is C14H23NO. The normalized spacial score (nSPS) is 12.8. The molecule has 1 rings (SSSR count). The van der Waals surface area contributed by atoms with Gasteiger partial charge in [0.15, 0.2) is 0 Å². The number of benzene rings is 1. The molecule has 0 radical (unpaired) electrons. The van der Waals surface area contributed by atoms with E-state index >= 15 is 0 Å². The molecule has 0 fully saturated rings. The second-order valence-electron chi connectivity index (χ2n) is 4.23. The average Bonchev–Trinajstić information content (AvgIpc) is 2.24. The van der Waals surface area contributed by atoms with Crippen molar-refractivity contribution in [3.8, 4) is 0 Å². The summed E-state index contributed by atoms with van der Waals surface area (Å²) in [7, 11) is 0. The Labute approximate surface area is 99.0 Å². The fourth-order valence-corrected chi connectivity index (χ4v) is 1.91. The van der Waals surface area contributed by atoms with Crippen molar-refractivity contribution in [2.75, 3.05) is 19.8 Å². The van der Waals surface area contributed by atoms with E-state index in [-0.39, 0.29) is 0 Å². The summed E-state index contributed by atoms with van der Waals surface area (Å²) in [6.45, 7) is 11.0. The molecule has 1 unspecified atom stereocenters. The molecule has 1 atom stereocenters. The number of rotatable bonds is 6. The summed E-state index contributed by atoms with van der Waals surface area (Å²) in [6.07, 6.45) is 0. The van der Waals surface area contributed by atoms with E-state index in [2.05, 4.69) is 44.3 Å². The van der Waals surface area contributed by atoms with Gasteiger partial charge in [0.05, 0.1) is 6.61 Å². The van der Waals surface area contributed by atoms with Crippen LogP contribution in [0, 0.1) is 13.8 Å². The lowest BCUT2D eigenvalue weighted by molar-refractivity contribution is 0.147. The van der Waals surface area contributed by atoms with Gasteiger partial charge in [-0.3, -0.25) is 0 Å². The molecule has 1 N–H and O–H groups in total. The highest BCUT2D eigenvalue weighted by Gasteiger charge is 2.06. The molecule has 0 heterocycles. The van der Waals surface area contributed by atoms with Crippen molar-refractivity contribution < 1.29 is 4.74 Å². The third kappa shape index (κ3) is 3.95. The van der Waals surface area contributed by atoms with E-state index in [0.29, 0.717) is 6.04 Å². The fraction of sp³-hybridized carbons (Fsp3) is 0.571. The van der Waals surface area contributed by atoms with E-state index < -0.39 is 0 Å². The lowest BCUT2D eigenvalue weighted by Gasteiger charge is -2.17. The summed E-state index contributed by atoms with van der Waals surface area (Å²) in [5.74, 6) is 0. The van der Waals surface area contributed by atoms with Crippen LogP contribution in [0.1, 0.15) is 36.6 Å².